The SMILES string of the molecule is C=Cc1ccccc1.CCCCO.O=C1C=CC(=O)O1. The van der Waals surface area contributed by atoms with Crippen molar-refractivity contribution in [2.45, 2.75) is 19.8 Å². The van der Waals surface area contributed by atoms with Crippen LogP contribution in [0.5, 0.6) is 0 Å². The summed E-state index contributed by atoms with van der Waals surface area (Å²) in [5.41, 5.74) is 1.17. The van der Waals surface area contributed by atoms with Gasteiger partial charge in [-0.3, -0.25) is 0 Å². The zero-order chi connectivity index (χ0) is 15.2. The van der Waals surface area contributed by atoms with E-state index in [-0.39, 0.29) is 0 Å². The molecule has 2 rings (SSSR count). The normalized spacial score (nSPS) is 11.7. The predicted molar refractivity (Wildman–Crippen MR) is 78.8 cm³/mol. The van der Waals surface area contributed by atoms with E-state index in [1.807, 2.05) is 36.4 Å². The fourth-order valence-corrected chi connectivity index (χ4v) is 1.05. The van der Waals surface area contributed by atoms with Crippen LogP contribution in [0.3, 0.4) is 0 Å². The molecule has 0 aromatic heterocycles. The molecule has 1 N–H and O–H groups in total. The smallest absolute Gasteiger partial charge is 0.338 e. The molecule has 0 fully saturated rings. The van der Waals surface area contributed by atoms with Gasteiger partial charge in [-0.25, -0.2) is 9.59 Å². The molecule has 1 aromatic carbocycles. The molecule has 20 heavy (non-hydrogen) atoms. The summed E-state index contributed by atoms with van der Waals surface area (Å²) in [6.07, 6.45) is 6.04. The number of hydrogen-bond donors (Lipinski definition) is 1. The van der Waals surface area contributed by atoms with Crippen molar-refractivity contribution in [3.63, 3.8) is 0 Å². The third-order valence-electron chi connectivity index (χ3n) is 2.10. The maximum absolute atomic E-state index is 9.92. The first-order valence-corrected chi connectivity index (χ1v) is 6.36. The largest absolute Gasteiger partial charge is 0.396 e. The van der Waals surface area contributed by atoms with Crippen molar-refractivity contribution in [3.05, 3.63) is 54.6 Å². The molecular weight excluding hydrogens is 256 g/mol. The van der Waals surface area contributed by atoms with E-state index < -0.39 is 11.9 Å². The number of cyclic esters (lactones) is 2. The van der Waals surface area contributed by atoms with Gasteiger partial charge in [0.15, 0.2) is 0 Å². The highest BCUT2D eigenvalue weighted by molar-refractivity contribution is 6.04. The van der Waals surface area contributed by atoms with Crippen molar-refractivity contribution in [1.29, 1.82) is 0 Å². The highest BCUT2D eigenvalue weighted by Gasteiger charge is 2.10. The summed E-state index contributed by atoms with van der Waals surface area (Å²) in [6.45, 7) is 6.03. The van der Waals surface area contributed by atoms with Crippen molar-refractivity contribution in [3.8, 4) is 0 Å². The van der Waals surface area contributed by atoms with Gasteiger partial charge in [0.1, 0.15) is 0 Å². The lowest BCUT2D eigenvalue weighted by Crippen LogP contribution is -1.96. The molecule has 0 amide bonds. The number of ether oxygens (including phenoxy) is 1. The van der Waals surface area contributed by atoms with Crippen LogP contribution < -0.4 is 0 Å². The van der Waals surface area contributed by atoms with Crippen LogP contribution in [-0.4, -0.2) is 23.7 Å². The highest BCUT2D eigenvalue weighted by atomic mass is 16.6. The average molecular weight is 276 g/mol. The van der Waals surface area contributed by atoms with E-state index in [1.165, 1.54) is 5.56 Å². The van der Waals surface area contributed by atoms with E-state index in [0.29, 0.717) is 6.61 Å². The summed E-state index contributed by atoms with van der Waals surface area (Å²) < 4.78 is 3.97. The molecule has 1 heterocycles. The molecule has 1 aromatic rings. The van der Waals surface area contributed by atoms with Crippen molar-refractivity contribution in [2.24, 2.45) is 0 Å². The Labute approximate surface area is 119 Å². The molecule has 1 aliphatic rings. The third-order valence-corrected chi connectivity index (χ3v) is 2.10. The van der Waals surface area contributed by atoms with Gasteiger partial charge >= 0.3 is 11.9 Å². The molecule has 108 valence electrons. The van der Waals surface area contributed by atoms with Crippen molar-refractivity contribution in [1.82, 2.24) is 0 Å². The van der Waals surface area contributed by atoms with Crippen LogP contribution in [0.25, 0.3) is 6.08 Å². The lowest BCUT2D eigenvalue weighted by atomic mass is 10.2. The minimum absolute atomic E-state index is 0.344. The quantitative estimate of drug-likeness (QED) is 0.681. The number of hydrogen-bond acceptors (Lipinski definition) is 4. The Kier molecular flexibility index (Phi) is 10.6. The maximum Gasteiger partial charge on any atom is 0.338 e. The summed E-state index contributed by atoms with van der Waals surface area (Å²) in [5, 5.41) is 8.07. The molecule has 0 spiro atoms. The Morgan fingerprint density at radius 1 is 1.15 bits per heavy atom. The molecule has 0 atom stereocenters. The van der Waals surface area contributed by atoms with Crippen LogP contribution in [0.15, 0.2) is 49.1 Å². The fourth-order valence-electron chi connectivity index (χ4n) is 1.05. The van der Waals surface area contributed by atoms with Crippen LogP contribution in [0.4, 0.5) is 0 Å². The first-order valence-electron chi connectivity index (χ1n) is 6.36. The number of benzene rings is 1. The zero-order valence-electron chi connectivity index (χ0n) is 11.6. The van der Waals surface area contributed by atoms with Crippen LogP contribution in [-0.2, 0) is 14.3 Å². The number of carbonyl (C=O) groups excluding carboxylic acids is 2. The predicted octanol–water partition coefficient (Wildman–Crippen LogP) is 2.73. The van der Waals surface area contributed by atoms with Crippen molar-refractivity contribution < 1.29 is 19.4 Å². The first-order chi connectivity index (χ1) is 9.63. The second-order valence-electron chi connectivity index (χ2n) is 3.77. The van der Waals surface area contributed by atoms with Crippen molar-refractivity contribution in [2.75, 3.05) is 6.61 Å². The van der Waals surface area contributed by atoms with Gasteiger partial charge in [0, 0.05) is 18.8 Å². The standard InChI is InChI=1S/C8H8.C4H2O3.C4H10O/c1-2-8-6-4-3-5-7-8;5-3-1-2-4(6)7-3;1-2-3-4-5/h2-7H,1H2;1-2H;5H,2-4H2,1H3. The van der Waals surface area contributed by atoms with E-state index in [1.54, 1.807) is 0 Å². The van der Waals surface area contributed by atoms with Gasteiger partial charge in [-0.2, -0.15) is 0 Å². The minimum Gasteiger partial charge on any atom is -0.396 e. The molecule has 4 nitrogen and oxygen atoms in total. The van der Waals surface area contributed by atoms with Gasteiger partial charge < -0.3 is 9.84 Å². The van der Waals surface area contributed by atoms with Gasteiger partial charge in [0.25, 0.3) is 0 Å². The van der Waals surface area contributed by atoms with Gasteiger partial charge in [0.05, 0.1) is 0 Å². The Morgan fingerprint density at radius 2 is 1.70 bits per heavy atom. The molecular formula is C16H20O4. The maximum atomic E-state index is 9.92. The average Bonchev–Trinajstić information content (AvgIpc) is 2.85. The number of carbonyl (C=O) groups is 2. The van der Waals surface area contributed by atoms with Crippen molar-refractivity contribution >= 4 is 18.0 Å². The summed E-state index contributed by atoms with van der Waals surface area (Å²) in [5.74, 6) is -1.16. The van der Waals surface area contributed by atoms with E-state index in [0.717, 1.165) is 25.0 Å². The van der Waals surface area contributed by atoms with Gasteiger partial charge in [-0.15, -0.1) is 0 Å². The number of esters is 2. The number of unbranched alkanes of at least 4 members (excludes halogenated alkanes) is 1. The third kappa shape index (κ3) is 9.79. The molecule has 4 heteroatoms. The second kappa shape index (κ2) is 11.9. The lowest BCUT2D eigenvalue weighted by molar-refractivity contribution is -0.150. The Hall–Kier alpha value is -2.20. The second-order valence-corrected chi connectivity index (χ2v) is 3.77. The van der Waals surface area contributed by atoms with Crippen LogP contribution in [0.2, 0.25) is 0 Å². The molecule has 0 saturated heterocycles. The molecule has 0 bridgehead atoms. The molecule has 0 saturated carbocycles. The van der Waals surface area contributed by atoms with E-state index in [9.17, 15) is 9.59 Å². The molecule has 0 aliphatic carbocycles. The molecule has 0 radical (unpaired) electrons. The van der Waals surface area contributed by atoms with E-state index in [4.69, 9.17) is 5.11 Å². The highest BCUT2D eigenvalue weighted by Crippen LogP contribution is 1.97. The summed E-state index contributed by atoms with van der Waals surface area (Å²) >= 11 is 0. The number of rotatable bonds is 3. The molecule has 0 unspecified atom stereocenters. The lowest BCUT2D eigenvalue weighted by Gasteiger charge is -1.85. The summed E-state index contributed by atoms with van der Waals surface area (Å²) in [4.78, 5) is 19.8. The van der Waals surface area contributed by atoms with Gasteiger partial charge in [-0.05, 0) is 12.0 Å². The van der Waals surface area contributed by atoms with E-state index in [2.05, 4.69) is 18.2 Å². The van der Waals surface area contributed by atoms with Gasteiger partial charge in [-0.1, -0.05) is 56.3 Å². The topological polar surface area (TPSA) is 63.6 Å². The number of aliphatic hydroxyl groups excluding tert-OH is 1. The zero-order valence-corrected chi connectivity index (χ0v) is 11.6. The summed E-state index contributed by atoms with van der Waals surface area (Å²) in [7, 11) is 0. The first kappa shape index (κ1) is 17.8. The minimum atomic E-state index is -0.579. The Morgan fingerprint density at radius 3 is 1.90 bits per heavy atom. The molecule has 1 aliphatic heterocycles. The van der Waals surface area contributed by atoms with Crippen LogP contribution in [0.1, 0.15) is 25.3 Å². The summed E-state index contributed by atoms with van der Waals surface area (Å²) in [6, 6.07) is 10.0. The van der Waals surface area contributed by atoms with Crippen LogP contribution in [0, 0.1) is 0 Å². The van der Waals surface area contributed by atoms with Gasteiger partial charge in [0.2, 0.25) is 0 Å². The fraction of sp³-hybridized carbons (Fsp3) is 0.250. The van der Waals surface area contributed by atoms with E-state index >= 15 is 0 Å². The number of aliphatic hydroxyl groups is 1. The van der Waals surface area contributed by atoms with Crippen LogP contribution >= 0.6 is 0 Å². The monoisotopic (exact) mass is 276 g/mol. The Bertz CT molecular complexity index is 417. The Balaban J connectivity index is 0.000000280.